The van der Waals surface area contributed by atoms with Gasteiger partial charge in [0.25, 0.3) is 0 Å². The van der Waals surface area contributed by atoms with Gasteiger partial charge in [-0.3, -0.25) is 4.79 Å². The van der Waals surface area contributed by atoms with Gasteiger partial charge in [-0.05, 0) is 68.0 Å². The number of thiophene rings is 1. The van der Waals surface area contributed by atoms with E-state index >= 15 is 0 Å². The molecule has 1 aromatic heterocycles. The minimum Gasteiger partial charge on any atom is -0.496 e. The molecule has 0 atom stereocenters. The molecule has 0 saturated heterocycles. The van der Waals surface area contributed by atoms with Gasteiger partial charge in [-0.2, -0.15) is 0 Å². The Morgan fingerprint density at radius 2 is 1.95 bits per heavy atom. The summed E-state index contributed by atoms with van der Waals surface area (Å²) in [5.41, 5.74) is 4.15. The van der Waals surface area contributed by atoms with Crippen molar-refractivity contribution in [2.24, 2.45) is 0 Å². The molecule has 0 N–H and O–H groups in total. The summed E-state index contributed by atoms with van der Waals surface area (Å²) in [6, 6.07) is 5.99. The number of rotatable bonds is 3. The van der Waals surface area contributed by atoms with Gasteiger partial charge < -0.3 is 4.74 Å². The highest BCUT2D eigenvalue weighted by Gasteiger charge is 2.21. The Morgan fingerprint density at radius 3 is 2.65 bits per heavy atom. The van der Waals surface area contributed by atoms with Crippen LogP contribution in [0.1, 0.15) is 43.2 Å². The molecule has 1 heterocycles. The molecule has 1 aliphatic rings. The molecule has 3 rings (SSSR count). The van der Waals surface area contributed by atoms with E-state index in [4.69, 9.17) is 4.74 Å². The maximum absolute atomic E-state index is 12.7. The van der Waals surface area contributed by atoms with Crippen LogP contribution in [0.5, 0.6) is 5.75 Å². The van der Waals surface area contributed by atoms with E-state index in [1.165, 1.54) is 16.9 Å². The van der Waals surface area contributed by atoms with Gasteiger partial charge in [-0.1, -0.05) is 0 Å². The molecule has 0 fully saturated rings. The van der Waals surface area contributed by atoms with Crippen molar-refractivity contribution in [3.63, 3.8) is 0 Å². The van der Waals surface area contributed by atoms with Gasteiger partial charge in [0.2, 0.25) is 5.78 Å². The molecule has 0 spiro atoms. The van der Waals surface area contributed by atoms with Crippen LogP contribution < -0.4 is 4.74 Å². The number of ketones is 1. The predicted octanol–water partition coefficient (Wildman–Crippen LogP) is 4.09. The van der Waals surface area contributed by atoms with Crippen LogP contribution in [-0.2, 0) is 12.8 Å². The van der Waals surface area contributed by atoms with Crippen molar-refractivity contribution in [1.29, 1.82) is 0 Å². The first-order valence-electron chi connectivity index (χ1n) is 6.91. The standard InChI is InChI=1S/C17H18O2S/c1-10-8-14(19-3)11(2)7-13(10)17(18)16-9-12-5-4-6-15(12)20-16/h7-9H,4-6H2,1-3H3. The minimum atomic E-state index is 0.146. The second-order valence-corrected chi connectivity index (χ2v) is 6.52. The third-order valence-corrected chi connectivity index (χ3v) is 5.19. The molecule has 20 heavy (non-hydrogen) atoms. The summed E-state index contributed by atoms with van der Waals surface area (Å²) in [5.74, 6) is 0.986. The molecule has 3 heteroatoms. The number of carbonyl (C=O) groups excluding carboxylic acids is 1. The highest BCUT2D eigenvalue weighted by Crippen LogP contribution is 2.33. The molecule has 1 aromatic carbocycles. The lowest BCUT2D eigenvalue weighted by molar-refractivity contribution is 0.104. The number of hydrogen-bond donors (Lipinski definition) is 0. The summed E-state index contributed by atoms with van der Waals surface area (Å²) < 4.78 is 5.31. The number of fused-ring (bicyclic) bond motifs is 1. The van der Waals surface area contributed by atoms with Crippen molar-refractivity contribution in [3.05, 3.63) is 50.2 Å². The average molecular weight is 286 g/mol. The quantitative estimate of drug-likeness (QED) is 0.794. The number of aryl methyl sites for hydroxylation is 4. The zero-order chi connectivity index (χ0) is 14.3. The van der Waals surface area contributed by atoms with E-state index in [0.717, 1.165) is 40.2 Å². The number of ether oxygens (including phenoxy) is 1. The van der Waals surface area contributed by atoms with Gasteiger partial charge in [0.15, 0.2) is 0 Å². The van der Waals surface area contributed by atoms with E-state index in [0.29, 0.717) is 0 Å². The fourth-order valence-corrected chi connectivity index (χ4v) is 4.04. The summed E-state index contributed by atoms with van der Waals surface area (Å²) in [6.07, 6.45) is 3.49. The summed E-state index contributed by atoms with van der Waals surface area (Å²) >= 11 is 1.67. The summed E-state index contributed by atoms with van der Waals surface area (Å²) in [4.78, 5) is 15.0. The van der Waals surface area contributed by atoms with E-state index in [1.807, 2.05) is 26.0 Å². The lowest BCUT2D eigenvalue weighted by Crippen LogP contribution is -2.03. The smallest absolute Gasteiger partial charge is 0.203 e. The van der Waals surface area contributed by atoms with Crippen LogP contribution in [0, 0.1) is 13.8 Å². The second kappa shape index (κ2) is 5.06. The van der Waals surface area contributed by atoms with Gasteiger partial charge in [0.05, 0.1) is 12.0 Å². The van der Waals surface area contributed by atoms with Gasteiger partial charge in [-0.25, -0.2) is 0 Å². The Hall–Kier alpha value is -1.61. The Morgan fingerprint density at radius 1 is 1.15 bits per heavy atom. The van der Waals surface area contributed by atoms with Gasteiger partial charge in [0, 0.05) is 10.4 Å². The first-order chi connectivity index (χ1) is 9.60. The third-order valence-electron chi connectivity index (χ3n) is 3.96. The first kappa shape index (κ1) is 13.4. The molecular weight excluding hydrogens is 268 g/mol. The van der Waals surface area contributed by atoms with Crippen molar-refractivity contribution in [2.45, 2.75) is 33.1 Å². The highest BCUT2D eigenvalue weighted by molar-refractivity contribution is 7.14. The molecule has 104 valence electrons. The van der Waals surface area contributed by atoms with E-state index in [2.05, 4.69) is 6.07 Å². The topological polar surface area (TPSA) is 26.3 Å². The van der Waals surface area contributed by atoms with Gasteiger partial charge >= 0.3 is 0 Å². The molecule has 1 aliphatic carbocycles. The van der Waals surface area contributed by atoms with Crippen molar-refractivity contribution in [3.8, 4) is 5.75 Å². The maximum Gasteiger partial charge on any atom is 0.203 e. The summed E-state index contributed by atoms with van der Waals surface area (Å²) in [5, 5.41) is 0. The average Bonchev–Trinajstić information content (AvgIpc) is 3.01. The normalized spacial score (nSPS) is 13.3. The number of carbonyl (C=O) groups is 1. The van der Waals surface area contributed by atoms with Crippen LogP contribution in [0.3, 0.4) is 0 Å². The van der Waals surface area contributed by atoms with Crippen LogP contribution in [0.15, 0.2) is 18.2 Å². The lowest BCUT2D eigenvalue weighted by atomic mass is 10.00. The zero-order valence-electron chi connectivity index (χ0n) is 12.1. The number of methoxy groups -OCH3 is 1. The molecule has 0 unspecified atom stereocenters. The van der Waals surface area contributed by atoms with Crippen LogP contribution in [0.2, 0.25) is 0 Å². The summed E-state index contributed by atoms with van der Waals surface area (Å²) in [7, 11) is 1.66. The summed E-state index contributed by atoms with van der Waals surface area (Å²) in [6.45, 7) is 3.94. The van der Waals surface area contributed by atoms with Gasteiger partial charge in [-0.15, -0.1) is 11.3 Å². The van der Waals surface area contributed by atoms with Crippen molar-refractivity contribution < 1.29 is 9.53 Å². The first-order valence-corrected chi connectivity index (χ1v) is 7.73. The van der Waals surface area contributed by atoms with Crippen LogP contribution in [0.4, 0.5) is 0 Å². The molecule has 0 bridgehead atoms. The third kappa shape index (κ3) is 2.16. The van der Waals surface area contributed by atoms with Gasteiger partial charge in [0.1, 0.15) is 5.75 Å². The Bertz CT molecular complexity index is 661. The zero-order valence-corrected chi connectivity index (χ0v) is 12.9. The highest BCUT2D eigenvalue weighted by atomic mass is 32.1. The number of hydrogen-bond acceptors (Lipinski definition) is 3. The van der Waals surface area contributed by atoms with Crippen molar-refractivity contribution >= 4 is 17.1 Å². The van der Waals surface area contributed by atoms with E-state index in [-0.39, 0.29) is 5.78 Å². The van der Waals surface area contributed by atoms with E-state index < -0.39 is 0 Å². The molecule has 0 saturated carbocycles. The molecule has 0 radical (unpaired) electrons. The Labute approximate surface area is 123 Å². The molecule has 2 aromatic rings. The lowest BCUT2D eigenvalue weighted by Gasteiger charge is -2.10. The van der Waals surface area contributed by atoms with Crippen LogP contribution in [0.25, 0.3) is 0 Å². The molecule has 0 aliphatic heterocycles. The minimum absolute atomic E-state index is 0.146. The van der Waals surface area contributed by atoms with E-state index in [1.54, 1.807) is 18.4 Å². The monoisotopic (exact) mass is 286 g/mol. The van der Waals surface area contributed by atoms with Crippen LogP contribution in [-0.4, -0.2) is 12.9 Å². The SMILES string of the molecule is COc1cc(C)c(C(=O)c2cc3c(s2)CCC3)cc1C. The fourth-order valence-electron chi connectivity index (χ4n) is 2.83. The van der Waals surface area contributed by atoms with Crippen molar-refractivity contribution in [1.82, 2.24) is 0 Å². The molecule has 0 amide bonds. The van der Waals surface area contributed by atoms with Crippen LogP contribution >= 0.6 is 11.3 Å². The second-order valence-electron chi connectivity index (χ2n) is 5.38. The predicted molar refractivity (Wildman–Crippen MR) is 82.2 cm³/mol. The molecular formula is C17H18O2S. The largest absolute Gasteiger partial charge is 0.496 e. The Kier molecular flexibility index (Phi) is 3.38. The number of benzene rings is 1. The Balaban J connectivity index is 1.99. The van der Waals surface area contributed by atoms with Crippen molar-refractivity contribution in [2.75, 3.05) is 7.11 Å². The molecule has 2 nitrogen and oxygen atoms in total. The fraction of sp³-hybridized carbons (Fsp3) is 0.353. The van der Waals surface area contributed by atoms with E-state index in [9.17, 15) is 4.79 Å². The maximum atomic E-state index is 12.7.